The normalized spacial score (nSPS) is 12.7. The average molecular weight is 283 g/mol. The molecule has 2 heterocycles. The first-order chi connectivity index (χ1) is 9.78. The molecule has 1 atom stereocenters. The Kier molecular flexibility index (Phi) is 3.76. The summed E-state index contributed by atoms with van der Waals surface area (Å²) in [7, 11) is 0. The zero-order valence-electron chi connectivity index (χ0n) is 11.6. The first-order valence-electron chi connectivity index (χ1n) is 6.78. The maximum absolute atomic E-state index is 4.56. The minimum Gasteiger partial charge on any atom is -0.306 e. The van der Waals surface area contributed by atoms with Crippen LogP contribution in [0.3, 0.4) is 0 Å². The summed E-state index contributed by atoms with van der Waals surface area (Å²) in [5.41, 5.74) is 2.22. The molecule has 1 aromatic carbocycles. The van der Waals surface area contributed by atoms with Gasteiger partial charge < -0.3 is 5.32 Å². The van der Waals surface area contributed by atoms with E-state index in [0.717, 1.165) is 17.1 Å². The van der Waals surface area contributed by atoms with Crippen LogP contribution in [0.4, 0.5) is 0 Å². The number of hydrogen-bond acceptors (Lipinski definition) is 4. The standard InChI is InChI=1S/C16H17N3S/c1-3-17-16(15-10-18-11(2)20-15)13-8-12-6-4-5-7-14(12)19-9-13/h4-10,16-17H,3H2,1-2H3. The van der Waals surface area contributed by atoms with Gasteiger partial charge in [-0.2, -0.15) is 0 Å². The number of aryl methyl sites for hydroxylation is 1. The van der Waals surface area contributed by atoms with Crippen molar-refractivity contribution in [2.75, 3.05) is 6.54 Å². The smallest absolute Gasteiger partial charge is 0.0897 e. The second-order valence-electron chi connectivity index (χ2n) is 4.73. The molecule has 1 N–H and O–H groups in total. The average Bonchev–Trinajstić information content (AvgIpc) is 2.90. The van der Waals surface area contributed by atoms with Crippen LogP contribution in [-0.2, 0) is 0 Å². The summed E-state index contributed by atoms with van der Waals surface area (Å²) in [4.78, 5) is 10.2. The maximum Gasteiger partial charge on any atom is 0.0897 e. The molecule has 3 rings (SSSR count). The quantitative estimate of drug-likeness (QED) is 0.793. The number of aromatic nitrogens is 2. The molecular weight excluding hydrogens is 266 g/mol. The first-order valence-corrected chi connectivity index (χ1v) is 7.60. The number of thiazole rings is 1. The zero-order valence-corrected chi connectivity index (χ0v) is 12.4. The Morgan fingerprint density at radius 3 is 2.80 bits per heavy atom. The third-order valence-electron chi connectivity index (χ3n) is 3.28. The topological polar surface area (TPSA) is 37.8 Å². The number of rotatable bonds is 4. The first kappa shape index (κ1) is 13.2. The Hall–Kier alpha value is -1.78. The number of pyridine rings is 1. The van der Waals surface area contributed by atoms with Gasteiger partial charge in [-0.25, -0.2) is 4.98 Å². The van der Waals surface area contributed by atoms with Crippen molar-refractivity contribution in [3.8, 4) is 0 Å². The van der Waals surface area contributed by atoms with Gasteiger partial charge in [0.1, 0.15) is 0 Å². The number of fused-ring (bicyclic) bond motifs is 1. The summed E-state index contributed by atoms with van der Waals surface area (Å²) in [6.07, 6.45) is 3.92. The fourth-order valence-corrected chi connectivity index (χ4v) is 3.23. The van der Waals surface area contributed by atoms with Crippen molar-refractivity contribution < 1.29 is 0 Å². The van der Waals surface area contributed by atoms with Crippen LogP contribution in [0.25, 0.3) is 10.9 Å². The van der Waals surface area contributed by atoms with E-state index in [1.165, 1.54) is 15.8 Å². The predicted octanol–water partition coefficient (Wildman–Crippen LogP) is 3.70. The third kappa shape index (κ3) is 2.57. The molecule has 4 heteroatoms. The summed E-state index contributed by atoms with van der Waals surface area (Å²) < 4.78 is 0. The van der Waals surface area contributed by atoms with Crippen molar-refractivity contribution in [3.05, 3.63) is 58.2 Å². The molecule has 0 aliphatic rings. The molecule has 20 heavy (non-hydrogen) atoms. The molecule has 0 aliphatic heterocycles. The molecule has 0 saturated carbocycles. The lowest BCUT2D eigenvalue weighted by atomic mass is 10.1. The highest BCUT2D eigenvalue weighted by Gasteiger charge is 2.16. The van der Waals surface area contributed by atoms with E-state index >= 15 is 0 Å². The van der Waals surface area contributed by atoms with Crippen LogP contribution >= 0.6 is 11.3 Å². The molecule has 0 fully saturated rings. The van der Waals surface area contributed by atoms with Crippen molar-refractivity contribution in [1.29, 1.82) is 0 Å². The van der Waals surface area contributed by atoms with E-state index in [2.05, 4.69) is 34.3 Å². The van der Waals surface area contributed by atoms with Gasteiger partial charge in [0.25, 0.3) is 0 Å². The lowest BCUT2D eigenvalue weighted by Gasteiger charge is -2.16. The van der Waals surface area contributed by atoms with Crippen molar-refractivity contribution >= 4 is 22.2 Å². The second-order valence-corrected chi connectivity index (χ2v) is 6.00. The summed E-state index contributed by atoms with van der Waals surface area (Å²) in [5.74, 6) is 0. The number of nitrogens with one attached hydrogen (secondary N) is 1. The summed E-state index contributed by atoms with van der Waals surface area (Å²) >= 11 is 1.73. The molecule has 1 unspecified atom stereocenters. The molecule has 3 aromatic rings. The molecule has 0 bridgehead atoms. The van der Waals surface area contributed by atoms with Crippen molar-refractivity contribution in [3.63, 3.8) is 0 Å². The highest BCUT2D eigenvalue weighted by molar-refractivity contribution is 7.11. The lowest BCUT2D eigenvalue weighted by Crippen LogP contribution is -2.21. The molecule has 0 aliphatic carbocycles. The second kappa shape index (κ2) is 5.69. The Morgan fingerprint density at radius 1 is 1.20 bits per heavy atom. The van der Waals surface area contributed by atoms with Crippen LogP contribution in [0, 0.1) is 6.92 Å². The molecule has 0 saturated heterocycles. The Labute approximate surface area is 122 Å². The van der Waals surface area contributed by atoms with E-state index in [9.17, 15) is 0 Å². The highest BCUT2D eigenvalue weighted by Crippen LogP contribution is 2.28. The van der Waals surface area contributed by atoms with E-state index in [0.29, 0.717) is 0 Å². The predicted molar refractivity (Wildman–Crippen MR) is 84.1 cm³/mol. The van der Waals surface area contributed by atoms with E-state index in [1.54, 1.807) is 11.3 Å². The highest BCUT2D eigenvalue weighted by atomic mass is 32.1. The van der Waals surface area contributed by atoms with Gasteiger partial charge >= 0.3 is 0 Å². The van der Waals surface area contributed by atoms with Crippen molar-refractivity contribution in [2.45, 2.75) is 19.9 Å². The van der Waals surface area contributed by atoms with E-state index < -0.39 is 0 Å². The number of benzene rings is 1. The monoisotopic (exact) mass is 283 g/mol. The maximum atomic E-state index is 4.56. The Morgan fingerprint density at radius 2 is 2.05 bits per heavy atom. The van der Waals surface area contributed by atoms with Crippen molar-refractivity contribution in [2.24, 2.45) is 0 Å². The third-order valence-corrected chi connectivity index (χ3v) is 4.25. The van der Waals surface area contributed by atoms with Gasteiger partial charge in [0.2, 0.25) is 0 Å². The number of para-hydroxylation sites is 1. The largest absolute Gasteiger partial charge is 0.306 e. The van der Waals surface area contributed by atoms with Crippen LogP contribution < -0.4 is 5.32 Å². The van der Waals surface area contributed by atoms with Crippen LogP contribution in [0.15, 0.2) is 42.7 Å². The van der Waals surface area contributed by atoms with Gasteiger partial charge in [0.15, 0.2) is 0 Å². The van der Waals surface area contributed by atoms with Gasteiger partial charge in [-0.3, -0.25) is 4.98 Å². The minimum absolute atomic E-state index is 0.170. The fourth-order valence-electron chi connectivity index (χ4n) is 2.34. The number of nitrogens with zero attached hydrogens (tertiary/aromatic N) is 2. The molecule has 3 nitrogen and oxygen atoms in total. The van der Waals surface area contributed by atoms with Crippen LogP contribution in [0.2, 0.25) is 0 Å². The van der Waals surface area contributed by atoms with Gasteiger partial charge in [-0.1, -0.05) is 25.1 Å². The van der Waals surface area contributed by atoms with E-state index in [-0.39, 0.29) is 6.04 Å². The van der Waals surface area contributed by atoms with Crippen molar-refractivity contribution in [1.82, 2.24) is 15.3 Å². The minimum atomic E-state index is 0.170. The summed E-state index contributed by atoms with van der Waals surface area (Å²) in [6, 6.07) is 10.6. The van der Waals surface area contributed by atoms with Gasteiger partial charge in [0.05, 0.1) is 16.6 Å². The molecular formula is C16H17N3S. The Bertz CT molecular complexity index is 720. The van der Waals surface area contributed by atoms with Gasteiger partial charge in [-0.05, 0) is 31.2 Å². The molecule has 102 valence electrons. The summed E-state index contributed by atoms with van der Waals surface area (Å²) in [6.45, 7) is 5.07. The Balaban J connectivity index is 2.04. The van der Waals surface area contributed by atoms with Gasteiger partial charge in [-0.15, -0.1) is 11.3 Å². The zero-order chi connectivity index (χ0) is 13.9. The molecule has 0 amide bonds. The molecule has 0 radical (unpaired) electrons. The van der Waals surface area contributed by atoms with Crippen LogP contribution in [0.1, 0.15) is 28.4 Å². The SMILES string of the molecule is CCNC(c1cnc2ccccc2c1)c1cnc(C)s1. The summed E-state index contributed by atoms with van der Waals surface area (Å²) in [5, 5.41) is 5.79. The van der Waals surface area contributed by atoms with E-state index in [1.807, 2.05) is 37.5 Å². The lowest BCUT2D eigenvalue weighted by molar-refractivity contribution is 0.637. The molecule has 2 aromatic heterocycles. The molecule has 0 spiro atoms. The van der Waals surface area contributed by atoms with Crippen LogP contribution in [0.5, 0.6) is 0 Å². The fraction of sp³-hybridized carbons (Fsp3) is 0.250. The number of hydrogen-bond donors (Lipinski definition) is 1. The van der Waals surface area contributed by atoms with Gasteiger partial charge in [0, 0.05) is 22.7 Å². The van der Waals surface area contributed by atoms with Crippen LogP contribution in [-0.4, -0.2) is 16.5 Å². The van der Waals surface area contributed by atoms with E-state index in [4.69, 9.17) is 0 Å².